The molecule has 2 aromatic rings. The molecule has 2 unspecified atom stereocenters. The lowest BCUT2D eigenvalue weighted by molar-refractivity contribution is -0.0211. The van der Waals surface area contributed by atoms with Crippen molar-refractivity contribution in [3.63, 3.8) is 0 Å². The summed E-state index contributed by atoms with van der Waals surface area (Å²) in [5.74, 6) is 5.40. The van der Waals surface area contributed by atoms with Gasteiger partial charge in [0.2, 0.25) is 0 Å². The third-order valence-corrected chi connectivity index (χ3v) is 3.54. The maximum atomic E-state index is 12.4. The predicted octanol–water partition coefficient (Wildman–Crippen LogP) is 2.41. The zero-order chi connectivity index (χ0) is 18.4. The van der Waals surface area contributed by atoms with Gasteiger partial charge < -0.3 is 16.2 Å². The summed E-state index contributed by atoms with van der Waals surface area (Å²) in [6, 6.07) is 12.5. The van der Waals surface area contributed by atoms with Gasteiger partial charge in [0.1, 0.15) is 6.10 Å². The van der Waals surface area contributed by atoms with Crippen molar-refractivity contribution < 1.29 is 18.7 Å². The molecule has 0 fully saturated rings. The number of nitrogen functional groups attached to an aromatic ring is 1. The maximum absolute atomic E-state index is 12.4. The van der Waals surface area contributed by atoms with Crippen LogP contribution >= 0.6 is 0 Å². The van der Waals surface area contributed by atoms with E-state index in [1.165, 1.54) is 6.92 Å². The second-order valence-corrected chi connectivity index (χ2v) is 5.54. The monoisotopic (exact) mass is 344 g/mol. The highest BCUT2D eigenvalue weighted by Crippen LogP contribution is 2.09. The van der Waals surface area contributed by atoms with E-state index in [-0.39, 0.29) is 0 Å². The first kappa shape index (κ1) is 18.4. The average molecular weight is 344 g/mol. The molecule has 0 bridgehead atoms. The van der Waals surface area contributed by atoms with Crippen LogP contribution in [0.1, 0.15) is 28.4 Å². The van der Waals surface area contributed by atoms with Crippen molar-refractivity contribution in [1.29, 1.82) is 0 Å². The molecule has 0 saturated heterocycles. The number of hydrogen-bond acceptors (Lipinski definition) is 3. The summed E-state index contributed by atoms with van der Waals surface area (Å²) in [7, 11) is 0. The summed E-state index contributed by atoms with van der Waals surface area (Å²) in [5.41, 5.74) is 8.08. The van der Waals surface area contributed by atoms with Crippen LogP contribution in [0.25, 0.3) is 0 Å². The number of anilines is 1. The number of halogens is 2. The molecule has 2 aromatic carbocycles. The molecule has 0 aromatic heterocycles. The first-order chi connectivity index (χ1) is 11.9. The van der Waals surface area contributed by atoms with Crippen LogP contribution < -0.4 is 11.1 Å². The SMILES string of the molecule is CC(NC(=O)c1ccc(C#Cc2ccc(N)cc2)cc1)C(O)C(F)F. The predicted molar refractivity (Wildman–Crippen MR) is 92.2 cm³/mol. The van der Waals surface area contributed by atoms with Gasteiger partial charge in [-0.05, 0) is 55.5 Å². The largest absolute Gasteiger partial charge is 0.399 e. The van der Waals surface area contributed by atoms with Crippen LogP contribution in [0.3, 0.4) is 0 Å². The van der Waals surface area contributed by atoms with Crippen LogP contribution in [-0.2, 0) is 0 Å². The lowest BCUT2D eigenvalue weighted by atomic mass is 10.1. The molecule has 0 aliphatic rings. The molecular formula is C19H18F2N2O2. The average Bonchev–Trinajstić information content (AvgIpc) is 2.60. The van der Waals surface area contributed by atoms with E-state index in [1.807, 2.05) is 0 Å². The second kappa shape index (κ2) is 8.27. The molecule has 25 heavy (non-hydrogen) atoms. The molecule has 2 atom stereocenters. The zero-order valence-corrected chi connectivity index (χ0v) is 13.5. The minimum atomic E-state index is -2.92. The fraction of sp³-hybridized carbons (Fsp3) is 0.211. The number of hydrogen-bond donors (Lipinski definition) is 3. The molecule has 6 heteroatoms. The first-order valence-corrected chi connectivity index (χ1v) is 7.61. The molecule has 2 rings (SSSR count). The van der Waals surface area contributed by atoms with E-state index in [0.717, 1.165) is 5.56 Å². The van der Waals surface area contributed by atoms with Gasteiger partial charge in [-0.2, -0.15) is 0 Å². The molecule has 1 amide bonds. The molecule has 130 valence electrons. The van der Waals surface area contributed by atoms with Crippen molar-refractivity contribution in [1.82, 2.24) is 5.32 Å². The summed E-state index contributed by atoms with van der Waals surface area (Å²) >= 11 is 0. The van der Waals surface area contributed by atoms with Gasteiger partial charge in [-0.25, -0.2) is 8.78 Å². The molecule has 4 N–H and O–H groups in total. The van der Waals surface area contributed by atoms with Crippen molar-refractivity contribution in [3.05, 3.63) is 65.2 Å². The fourth-order valence-corrected chi connectivity index (χ4v) is 2.01. The van der Waals surface area contributed by atoms with E-state index < -0.39 is 24.5 Å². The highest BCUT2D eigenvalue weighted by Gasteiger charge is 2.25. The van der Waals surface area contributed by atoms with Crippen molar-refractivity contribution in [2.75, 3.05) is 5.73 Å². The number of amides is 1. The van der Waals surface area contributed by atoms with E-state index in [4.69, 9.17) is 5.73 Å². The molecule has 0 radical (unpaired) electrons. The molecular weight excluding hydrogens is 326 g/mol. The summed E-state index contributed by atoms with van der Waals surface area (Å²) in [4.78, 5) is 12.0. The standard InChI is InChI=1S/C19H18F2N2O2/c1-12(17(24)18(20)21)23-19(25)15-8-4-13(5-9-15)2-3-14-6-10-16(22)11-7-14/h4-12,17-18,24H,22H2,1H3,(H,23,25). The van der Waals surface area contributed by atoms with Gasteiger partial charge in [0.05, 0.1) is 6.04 Å². The Kier molecular flexibility index (Phi) is 6.09. The highest BCUT2D eigenvalue weighted by molar-refractivity contribution is 5.94. The Bertz CT molecular complexity index is 778. The summed E-state index contributed by atoms with van der Waals surface area (Å²) in [5, 5.41) is 11.6. The van der Waals surface area contributed by atoms with Crippen LogP contribution in [0.4, 0.5) is 14.5 Å². The Labute approximate surface area is 144 Å². The van der Waals surface area contributed by atoms with Crippen molar-refractivity contribution in [3.8, 4) is 11.8 Å². The zero-order valence-electron chi connectivity index (χ0n) is 13.5. The van der Waals surface area contributed by atoms with Crippen LogP contribution in [0.2, 0.25) is 0 Å². The third-order valence-electron chi connectivity index (χ3n) is 3.54. The highest BCUT2D eigenvalue weighted by atomic mass is 19.3. The topological polar surface area (TPSA) is 75.4 Å². The van der Waals surface area contributed by atoms with Crippen molar-refractivity contribution in [2.45, 2.75) is 25.5 Å². The van der Waals surface area contributed by atoms with Crippen LogP contribution in [0.5, 0.6) is 0 Å². The van der Waals surface area contributed by atoms with Crippen LogP contribution in [0.15, 0.2) is 48.5 Å². The van der Waals surface area contributed by atoms with Crippen molar-refractivity contribution >= 4 is 11.6 Å². The Morgan fingerprint density at radius 3 is 2.00 bits per heavy atom. The second-order valence-electron chi connectivity index (χ2n) is 5.54. The molecule has 0 saturated carbocycles. The Morgan fingerprint density at radius 1 is 1.04 bits per heavy atom. The number of benzene rings is 2. The number of carbonyl (C=O) groups is 1. The molecule has 4 nitrogen and oxygen atoms in total. The van der Waals surface area contributed by atoms with Gasteiger partial charge in [0.15, 0.2) is 0 Å². The van der Waals surface area contributed by atoms with E-state index in [2.05, 4.69) is 17.2 Å². The van der Waals surface area contributed by atoms with Crippen LogP contribution in [0, 0.1) is 11.8 Å². The lowest BCUT2D eigenvalue weighted by Gasteiger charge is -2.19. The summed E-state index contributed by atoms with van der Waals surface area (Å²) < 4.78 is 24.8. The molecule has 0 aliphatic heterocycles. The Morgan fingerprint density at radius 2 is 1.52 bits per heavy atom. The van der Waals surface area contributed by atoms with Crippen LogP contribution in [-0.4, -0.2) is 29.6 Å². The Balaban J connectivity index is 2.02. The van der Waals surface area contributed by atoms with E-state index in [9.17, 15) is 18.7 Å². The van der Waals surface area contributed by atoms with Crippen molar-refractivity contribution in [2.24, 2.45) is 0 Å². The lowest BCUT2D eigenvalue weighted by Crippen LogP contribution is -2.44. The smallest absolute Gasteiger partial charge is 0.266 e. The number of aliphatic hydroxyl groups is 1. The number of alkyl halides is 2. The fourth-order valence-electron chi connectivity index (χ4n) is 2.01. The van der Waals surface area contributed by atoms with Gasteiger partial charge in [0, 0.05) is 22.4 Å². The number of nitrogens with two attached hydrogens (primary N) is 1. The van der Waals surface area contributed by atoms with Gasteiger partial charge in [-0.1, -0.05) is 11.8 Å². The summed E-state index contributed by atoms with van der Waals surface area (Å²) in [6.07, 6.45) is -4.82. The normalized spacial score (nSPS) is 12.8. The van der Waals surface area contributed by atoms with E-state index in [1.54, 1.807) is 48.5 Å². The van der Waals surface area contributed by atoms with Gasteiger partial charge in [0.25, 0.3) is 12.3 Å². The van der Waals surface area contributed by atoms with E-state index in [0.29, 0.717) is 16.8 Å². The third kappa shape index (κ3) is 5.30. The quantitative estimate of drug-likeness (QED) is 0.589. The maximum Gasteiger partial charge on any atom is 0.266 e. The molecule has 0 aliphatic carbocycles. The minimum absolute atomic E-state index is 0.298. The number of rotatable bonds is 4. The minimum Gasteiger partial charge on any atom is -0.399 e. The van der Waals surface area contributed by atoms with Gasteiger partial charge in [-0.3, -0.25) is 4.79 Å². The van der Waals surface area contributed by atoms with E-state index >= 15 is 0 Å². The van der Waals surface area contributed by atoms with Gasteiger partial charge in [-0.15, -0.1) is 0 Å². The Hall–Kier alpha value is -2.91. The number of nitrogens with one attached hydrogen (secondary N) is 1. The molecule has 0 heterocycles. The molecule has 0 spiro atoms. The summed E-state index contributed by atoms with van der Waals surface area (Å²) in [6.45, 7) is 1.32. The number of carbonyl (C=O) groups excluding carboxylic acids is 1. The number of aliphatic hydroxyl groups excluding tert-OH is 1. The first-order valence-electron chi connectivity index (χ1n) is 7.61. The van der Waals surface area contributed by atoms with Gasteiger partial charge >= 0.3 is 0 Å².